The average molecular weight is 288 g/mol. The molecule has 116 valence electrons. The fraction of sp³-hybridized carbons (Fsp3) is 0.786. The number of aliphatic carboxylic acids is 3. The molecule has 6 nitrogen and oxygen atoms in total. The van der Waals surface area contributed by atoms with E-state index in [1.54, 1.807) is 0 Å². The van der Waals surface area contributed by atoms with Crippen molar-refractivity contribution in [3.05, 3.63) is 0 Å². The van der Waals surface area contributed by atoms with Gasteiger partial charge in [0.25, 0.3) is 0 Å². The Bertz CT molecular complexity index is 321. The van der Waals surface area contributed by atoms with Crippen LogP contribution in [0, 0.1) is 10.8 Å². The smallest absolute Gasteiger partial charge is 0.303 e. The number of hydrogen-bond acceptors (Lipinski definition) is 3. The Morgan fingerprint density at radius 3 is 1.10 bits per heavy atom. The van der Waals surface area contributed by atoms with Crippen molar-refractivity contribution in [1.29, 1.82) is 0 Å². The molecule has 0 radical (unpaired) electrons. The molecule has 0 rings (SSSR count). The van der Waals surface area contributed by atoms with Crippen molar-refractivity contribution in [2.75, 3.05) is 0 Å². The molecule has 0 atom stereocenters. The Kier molecular flexibility index (Phi) is 6.68. The van der Waals surface area contributed by atoms with Crippen LogP contribution >= 0.6 is 0 Å². The lowest BCUT2D eigenvalue weighted by atomic mass is 9.59. The molecule has 0 aliphatic rings. The summed E-state index contributed by atoms with van der Waals surface area (Å²) in [5.74, 6) is -2.86. The van der Waals surface area contributed by atoms with E-state index in [4.69, 9.17) is 15.3 Å². The second-order valence-electron chi connectivity index (χ2n) is 6.21. The summed E-state index contributed by atoms with van der Waals surface area (Å²) in [6, 6.07) is 0. The van der Waals surface area contributed by atoms with Gasteiger partial charge >= 0.3 is 17.9 Å². The van der Waals surface area contributed by atoms with Crippen LogP contribution in [0.25, 0.3) is 0 Å². The minimum Gasteiger partial charge on any atom is -0.481 e. The van der Waals surface area contributed by atoms with Crippen LogP contribution in [0.2, 0.25) is 0 Å². The second-order valence-corrected chi connectivity index (χ2v) is 6.21. The van der Waals surface area contributed by atoms with E-state index in [9.17, 15) is 14.4 Å². The third-order valence-electron chi connectivity index (χ3n) is 4.04. The summed E-state index contributed by atoms with van der Waals surface area (Å²) in [6.45, 7) is 5.70. The molecule has 0 saturated carbocycles. The van der Waals surface area contributed by atoms with Crippen molar-refractivity contribution < 1.29 is 29.7 Å². The van der Waals surface area contributed by atoms with Crippen LogP contribution in [0.3, 0.4) is 0 Å². The summed E-state index contributed by atoms with van der Waals surface area (Å²) in [6.07, 6.45) is 0.592. The molecule has 0 heterocycles. The molecule has 0 fully saturated rings. The fourth-order valence-electron chi connectivity index (χ4n) is 2.54. The minimum absolute atomic E-state index is 0.0868. The number of carboxylic acids is 3. The summed E-state index contributed by atoms with van der Waals surface area (Å²) < 4.78 is 0. The molecule has 0 spiro atoms. The Morgan fingerprint density at radius 1 is 0.700 bits per heavy atom. The lowest BCUT2D eigenvalue weighted by molar-refractivity contribution is -0.139. The maximum atomic E-state index is 10.8. The highest BCUT2D eigenvalue weighted by Crippen LogP contribution is 2.49. The topological polar surface area (TPSA) is 112 Å². The second kappa shape index (κ2) is 7.26. The van der Waals surface area contributed by atoms with Gasteiger partial charge in [-0.2, -0.15) is 0 Å². The highest BCUT2D eigenvalue weighted by atomic mass is 16.4. The van der Waals surface area contributed by atoms with Gasteiger partial charge in [0, 0.05) is 19.3 Å². The molecular weight excluding hydrogens is 264 g/mol. The summed E-state index contributed by atoms with van der Waals surface area (Å²) in [5, 5.41) is 26.6. The molecule has 0 aromatic carbocycles. The zero-order valence-corrected chi connectivity index (χ0v) is 12.3. The van der Waals surface area contributed by atoms with Crippen LogP contribution in [-0.2, 0) is 14.4 Å². The summed E-state index contributed by atoms with van der Waals surface area (Å²) in [5.41, 5.74) is -0.977. The predicted octanol–water partition coefficient (Wildman–Crippen LogP) is 2.61. The maximum Gasteiger partial charge on any atom is 0.303 e. The van der Waals surface area contributed by atoms with Gasteiger partial charge in [-0.3, -0.25) is 14.4 Å². The van der Waals surface area contributed by atoms with E-state index in [2.05, 4.69) is 0 Å². The summed E-state index contributed by atoms with van der Waals surface area (Å²) >= 11 is 0. The van der Waals surface area contributed by atoms with Crippen LogP contribution in [-0.4, -0.2) is 33.2 Å². The van der Waals surface area contributed by atoms with Gasteiger partial charge in [0.15, 0.2) is 0 Å². The molecule has 3 N–H and O–H groups in total. The van der Waals surface area contributed by atoms with Gasteiger partial charge in [-0.25, -0.2) is 0 Å². The van der Waals surface area contributed by atoms with Gasteiger partial charge in [-0.05, 0) is 30.1 Å². The first-order chi connectivity index (χ1) is 9.00. The van der Waals surface area contributed by atoms with Crippen LogP contribution in [0.15, 0.2) is 0 Å². The Labute approximate surface area is 118 Å². The first-order valence-corrected chi connectivity index (χ1v) is 6.65. The molecule has 6 heteroatoms. The van der Waals surface area contributed by atoms with Crippen LogP contribution < -0.4 is 0 Å². The van der Waals surface area contributed by atoms with E-state index in [0.29, 0.717) is 0 Å². The molecule has 0 unspecified atom stereocenters. The number of rotatable bonds is 9. The van der Waals surface area contributed by atoms with E-state index in [-0.39, 0.29) is 43.9 Å². The number of carboxylic acid groups (broad SMARTS) is 3. The van der Waals surface area contributed by atoms with Gasteiger partial charge in [0.05, 0.1) is 0 Å². The summed E-state index contributed by atoms with van der Waals surface area (Å²) in [4.78, 5) is 32.4. The lowest BCUT2D eigenvalue weighted by Gasteiger charge is -2.45. The quantitative estimate of drug-likeness (QED) is 0.601. The van der Waals surface area contributed by atoms with Crippen molar-refractivity contribution in [3.8, 4) is 0 Å². The molecule has 0 aliphatic carbocycles. The van der Waals surface area contributed by atoms with Crippen molar-refractivity contribution in [3.63, 3.8) is 0 Å². The maximum absolute atomic E-state index is 10.8. The molecule has 20 heavy (non-hydrogen) atoms. The van der Waals surface area contributed by atoms with E-state index in [1.807, 2.05) is 20.8 Å². The first kappa shape index (κ1) is 18.4. The van der Waals surface area contributed by atoms with E-state index in [1.165, 1.54) is 0 Å². The standard InChI is InChI=1S/C14H24O6/c1-13(2,3)14(7-4-10(15)16,8-5-11(17)18)9-6-12(19)20/h4-9H2,1-3H3,(H,15,16)(H,17,18)(H,19,20). The lowest BCUT2D eigenvalue weighted by Crippen LogP contribution is -2.37. The molecule has 0 aromatic rings. The van der Waals surface area contributed by atoms with E-state index < -0.39 is 23.3 Å². The van der Waals surface area contributed by atoms with Crippen molar-refractivity contribution >= 4 is 17.9 Å². The highest BCUT2D eigenvalue weighted by Gasteiger charge is 2.41. The fourth-order valence-corrected chi connectivity index (χ4v) is 2.54. The number of carbonyl (C=O) groups is 3. The van der Waals surface area contributed by atoms with Crippen LogP contribution in [0.1, 0.15) is 59.3 Å². The third kappa shape index (κ3) is 6.04. The molecular formula is C14H24O6. The zero-order valence-electron chi connectivity index (χ0n) is 12.3. The van der Waals surface area contributed by atoms with Crippen LogP contribution in [0.5, 0.6) is 0 Å². The summed E-state index contributed by atoms with van der Waals surface area (Å²) in [7, 11) is 0. The van der Waals surface area contributed by atoms with Gasteiger partial charge in [0.1, 0.15) is 0 Å². The molecule has 0 aliphatic heterocycles. The minimum atomic E-state index is -0.954. The van der Waals surface area contributed by atoms with Crippen molar-refractivity contribution in [1.82, 2.24) is 0 Å². The molecule has 0 amide bonds. The molecule has 0 bridgehead atoms. The monoisotopic (exact) mass is 288 g/mol. The Morgan fingerprint density at radius 2 is 0.950 bits per heavy atom. The Hall–Kier alpha value is -1.59. The van der Waals surface area contributed by atoms with Crippen molar-refractivity contribution in [2.24, 2.45) is 10.8 Å². The van der Waals surface area contributed by atoms with E-state index in [0.717, 1.165) is 0 Å². The third-order valence-corrected chi connectivity index (χ3v) is 4.04. The molecule has 0 saturated heterocycles. The number of hydrogen-bond donors (Lipinski definition) is 3. The van der Waals surface area contributed by atoms with Crippen LogP contribution in [0.4, 0.5) is 0 Å². The normalized spacial score (nSPS) is 12.2. The van der Waals surface area contributed by atoms with E-state index >= 15 is 0 Å². The zero-order chi connectivity index (χ0) is 16.0. The van der Waals surface area contributed by atoms with Gasteiger partial charge in [-0.1, -0.05) is 20.8 Å². The Balaban J connectivity index is 5.21. The average Bonchev–Trinajstić information content (AvgIpc) is 2.25. The van der Waals surface area contributed by atoms with Crippen molar-refractivity contribution in [2.45, 2.75) is 59.3 Å². The van der Waals surface area contributed by atoms with Gasteiger partial charge in [-0.15, -0.1) is 0 Å². The first-order valence-electron chi connectivity index (χ1n) is 6.65. The predicted molar refractivity (Wildman–Crippen MR) is 72.5 cm³/mol. The highest BCUT2D eigenvalue weighted by molar-refractivity contribution is 5.68. The molecule has 0 aromatic heterocycles. The van der Waals surface area contributed by atoms with Gasteiger partial charge in [0.2, 0.25) is 0 Å². The van der Waals surface area contributed by atoms with Gasteiger partial charge < -0.3 is 15.3 Å². The largest absolute Gasteiger partial charge is 0.481 e. The SMILES string of the molecule is CC(C)(C)C(CCC(=O)O)(CCC(=O)O)CCC(=O)O.